The van der Waals surface area contributed by atoms with Crippen LogP contribution in [-0.2, 0) is 6.42 Å². The molecule has 4 heteroatoms. The van der Waals surface area contributed by atoms with Crippen LogP contribution in [0.25, 0.3) is 0 Å². The number of likely N-dealkylation sites (N-methyl/N-ethyl adjacent to an activating group) is 1. The van der Waals surface area contributed by atoms with E-state index in [1.807, 2.05) is 25.4 Å². The number of pyridine rings is 1. The van der Waals surface area contributed by atoms with Crippen LogP contribution in [0.5, 0.6) is 11.6 Å². The van der Waals surface area contributed by atoms with Gasteiger partial charge in [0.2, 0.25) is 5.88 Å². The first-order valence-corrected chi connectivity index (χ1v) is 6.98. The Morgan fingerprint density at radius 1 is 1.14 bits per heavy atom. The van der Waals surface area contributed by atoms with Crippen LogP contribution < -0.4 is 14.8 Å². The van der Waals surface area contributed by atoms with Gasteiger partial charge in [-0.1, -0.05) is 12.1 Å². The first-order valence-electron chi connectivity index (χ1n) is 6.98. The van der Waals surface area contributed by atoms with Crippen LogP contribution in [0.1, 0.15) is 22.7 Å². The smallest absolute Gasteiger partial charge is 0.212 e. The Morgan fingerprint density at radius 2 is 1.95 bits per heavy atom. The van der Waals surface area contributed by atoms with Crippen LogP contribution in [0.15, 0.2) is 36.5 Å². The Morgan fingerprint density at radius 3 is 2.48 bits per heavy atom. The third-order valence-electron chi connectivity index (χ3n) is 3.65. The van der Waals surface area contributed by atoms with E-state index in [4.69, 9.17) is 9.47 Å². The van der Waals surface area contributed by atoms with E-state index in [9.17, 15) is 0 Å². The number of methoxy groups -OCH3 is 2. The molecule has 1 aromatic carbocycles. The molecule has 1 aromatic heterocycles. The predicted octanol–water partition coefficient (Wildman–Crippen LogP) is 2.91. The summed E-state index contributed by atoms with van der Waals surface area (Å²) >= 11 is 0. The lowest BCUT2D eigenvalue weighted by Gasteiger charge is -2.19. The highest BCUT2D eigenvalue weighted by molar-refractivity contribution is 5.37. The number of nitrogens with zero attached hydrogens (tertiary/aromatic N) is 1. The van der Waals surface area contributed by atoms with Crippen molar-refractivity contribution in [1.82, 2.24) is 10.3 Å². The number of aryl methyl sites for hydroxylation is 1. The quantitative estimate of drug-likeness (QED) is 0.886. The van der Waals surface area contributed by atoms with E-state index in [-0.39, 0.29) is 6.04 Å². The van der Waals surface area contributed by atoms with Crippen LogP contribution >= 0.6 is 0 Å². The molecule has 1 N–H and O–H groups in total. The summed E-state index contributed by atoms with van der Waals surface area (Å²) in [6, 6.07) is 10.4. The SMILES string of the molecule is CNC(Cc1ccc(OC)nc1)c1ccc(OC)cc1C. The molecule has 0 radical (unpaired) electrons. The van der Waals surface area contributed by atoms with Gasteiger partial charge in [-0.3, -0.25) is 0 Å². The molecule has 1 atom stereocenters. The van der Waals surface area contributed by atoms with Gasteiger partial charge in [0.15, 0.2) is 0 Å². The van der Waals surface area contributed by atoms with Crippen LogP contribution in [0.2, 0.25) is 0 Å². The summed E-state index contributed by atoms with van der Waals surface area (Å²) in [7, 11) is 5.29. The van der Waals surface area contributed by atoms with E-state index in [0.717, 1.165) is 12.2 Å². The molecular formula is C17H22N2O2. The standard InChI is InChI=1S/C17H22N2O2/c1-12-9-14(20-3)6-7-15(12)16(18-2)10-13-5-8-17(21-4)19-11-13/h5-9,11,16,18H,10H2,1-4H3. The lowest BCUT2D eigenvalue weighted by molar-refractivity contribution is 0.397. The van der Waals surface area contributed by atoms with Gasteiger partial charge < -0.3 is 14.8 Å². The summed E-state index contributed by atoms with van der Waals surface area (Å²) in [6.45, 7) is 2.11. The molecule has 0 aliphatic rings. The van der Waals surface area contributed by atoms with Crippen molar-refractivity contribution in [2.75, 3.05) is 21.3 Å². The highest BCUT2D eigenvalue weighted by Gasteiger charge is 2.13. The van der Waals surface area contributed by atoms with Crippen molar-refractivity contribution in [3.05, 3.63) is 53.2 Å². The van der Waals surface area contributed by atoms with Gasteiger partial charge >= 0.3 is 0 Å². The Balaban J connectivity index is 2.18. The van der Waals surface area contributed by atoms with Crippen molar-refractivity contribution < 1.29 is 9.47 Å². The lowest BCUT2D eigenvalue weighted by Crippen LogP contribution is -2.20. The average molecular weight is 286 g/mol. The second kappa shape index (κ2) is 7.09. The fourth-order valence-corrected chi connectivity index (χ4v) is 2.42. The molecule has 1 heterocycles. The second-order valence-corrected chi connectivity index (χ2v) is 4.98. The fraction of sp³-hybridized carbons (Fsp3) is 0.353. The molecule has 21 heavy (non-hydrogen) atoms. The first-order chi connectivity index (χ1) is 10.2. The molecule has 0 aliphatic heterocycles. The van der Waals surface area contributed by atoms with Gasteiger partial charge in [0.25, 0.3) is 0 Å². The van der Waals surface area contributed by atoms with Crippen molar-refractivity contribution in [2.45, 2.75) is 19.4 Å². The van der Waals surface area contributed by atoms with Crippen molar-refractivity contribution in [1.29, 1.82) is 0 Å². The molecule has 0 bridgehead atoms. The average Bonchev–Trinajstić information content (AvgIpc) is 2.53. The summed E-state index contributed by atoms with van der Waals surface area (Å²) in [5.41, 5.74) is 3.66. The van der Waals surface area contributed by atoms with Crippen LogP contribution in [0.4, 0.5) is 0 Å². The number of hydrogen-bond donors (Lipinski definition) is 1. The van der Waals surface area contributed by atoms with Gasteiger partial charge in [0.1, 0.15) is 5.75 Å². The Hall–Kier alpha value is -2.07. The maximum absolute atomic E-state index is 5.26. The third-order valence-corrected chi connectivity index (χ3v) is 3.65. The largest absolute Gasteiger partial charge is 0.497 e. The maximum Gasteiger partial charge on any atom is 0.212 e. The normalized spacial score (nSPS) is 12.0. The van der Waals surface area contributed by atoms with Crippen molar-refractivity contribution >= 4 is 0 Å². The summed E-state index contributed by atoms with van der Waals surface area (Å²) in [5.74, 6) is 1.53. The molecule has 0 saturated carbocycles. The van der Waals surface area contributed by atoms with Crippen LogP contribution in [-0.4, -0.2) is 26.3 Å². The van der Waals surface area contributed by atoms with Gasteiger partial charge in [0.05, 0.1) is 14.2 Å². The molecule has 0 fully saturated rings. The highest BCUT2D eigenvalue weighted by Crippen LogP contribution is 2.25. The molecule has 112 valence electrons. The minimum absolute atomic E-state index is 0.242. The maximum atomic E-state index is 5.26. The Kier molecular flexibility index (Phi) is 5.17. The molecular weight excluding hydrogens is 264 g/mol. The van der Waals surface area contributed by atoms with E-state index < -0.39 is 0 Å². The molecule has 0 spiro atoms. The van der Waals surface area contributed by atoms with Gasteiger partial charge in [-0.2, -0.15) is 0 Å². The van der Waals surface area contributed by atoms with E-state index in [1.54, 1.807) is 14.2 Å². The number of nitrogens with one attached hydrogen (secondary N) is 1. The number of benzene rings is 1. The Bertz CT molecular complexity index is 582. The minimum atomic E-state index is 0.242. The molecule has 0 saturated heterocycles. The third kappa shape index (κ3) is 3.73. The van der Waals surface area contributed by atoms with Crippen molar-refractivity contribution in [2.24, 2.45) is 0 Å². The molecule has 2 aromatic rings. The molecule has 2 rings (SSSR count). The van der Waals surface area contributed by atoms with Gasteiger partial charge in [-0.05, 0) is 49.2 Å². The molecule has 0 aliphatic carbocycles. The monoisotopic (exact) mass is 286 g/mol. The zero-order valence-corrected chi connectivity index (χ0v) is 13.0. The van der Waals surface area contributed by atoms with E-state index in [1.165, 1.54) is 16.7 Å². The molecule has 0 amide bonds. The Labute approximate surface area is 126 Å². The predicted molar refractivity (Wildman–Crippen MR) is 84.0 cm³/mol. The zero-order valence-electron chi connectivity index (χ0n) is 13.0. The topological polar surface area (TPSA) is 43.4 Å². The molecule has 1 unspecified atom stereocenters. The first kappa shape index (κ1) is 15.3. The number of ether oxygens (including phenoxy) is 2. The number of hydrogen-bond acceptors (Lipinski definition) is 4. The highest BCUT2D eigenvalue weighted by atomic mass is 16.5. The van der Waals surface area contributed by atoms with Crippen molar-refractivity contribution in [3.8, 4) is 11.6 Å². The summed E-state index contributed by atoms with van der Waals surface area (Å²) < 4.78 is 10.4. The number of rotatable bonds is 6. The van der Waals surface area contributed by atoms with E-state index in [2.05, 4.69) is 35.4 Å². The van der Waals surface area contributed by atoms with Crippen LogP contribution in [0, 0.1) is 6.92 Å². The van der Waals surface area contributed by atoms with E-state index in [0.29, 0.717) is 5.88 Å². The summed E-state index contributed by atoms with van der Waals surface area (Å²) in [6.07, 6.45) is 2.74. The number of aromatic nitrogens is 1. The van der Waals surface area contributed by atoms with E-state index >= 15 is 0 Å². The molecule has 4 nitrogen and oxygen atoms in total. The zero-order chi connectivity index (χ0) is 15.2. The summed E-state index contributed by atoms with van der Waals surface area (Å²) in [5, 5.41) is 3.37. The van der Waals surface area contributed by atoms with Crippen molar-refractivity contribution in [3.63, 3.8) is 0 Å². The minimum Gasteiger partial charge on any atom is -0.497 e. The fourth-order valence-electron chi connectivity index (χ4n) is 2.42. The van der Waals surface area contributed by atoms with Crippen LogP contribution in [0.3, 0.4) is 0 Å². The van der Waals surface area contributed by atoms with Gasteiger partial charge in [-0.15, -0.1) is 0 Å². The lowest BCUT2D eigenvalue weighted by atomic mass is 9.96. The second-order valence-electron chi connectivity index (χ2n) is 4.98. The summed E-state index contributed by atoms with van der Waals surface area (Å²) in [4.78, 5) is 4.26. The van der Waals surface area contributed by atoms with Gasteiger partial charge in [0, 0.05) is 18.3 Å². The van der Waals surface area contributed by atoms with Gasteiger partial charge in [-0.25, -0.2) is 4.98 Å².